The minimum absolute atomic E-state index is 0.0717. The van der Waals surface area contributed by atoms with Crippen LogP contribution in [0.3, 0.4) is 0 Å². The number of benzene rings is 1. The number of hydrogen-bond acceptors (Lipinski definition) is 3. The zero-order valence-corrected chi connectivity index (χ0v) is 11.2. The third-order valence-corrected chi connectivity index (χ3v) is 3.28. The summed E-state index contributed by atoms with van der Waals surface area (Å²) in [5.41, 5.74) is 0.566. The molecule has 1 fully saturated rings. The predicted molar refractivity (Wildman–Crippen MR) is 71.9 cm³/mol. The van der Waals surface area contributed by atoms with E-state index >= 15 is 0 Å². The molecule has 1 aliphatic heterocycles. The number of carbonyl (C=O) groups excluding carboxylic acids is 1. The van der Waals surface area contributed by atoms with Gasteiger partial charge in [-0.1, -0.05) is 0 Å². The fraction of sp³-hybridized carbons (Fsp3) is 0.500. The molecular weight excluding hydrogens is 266 g/mol. The summed E-state index contributed by atoms with van der Waals surface area (Å²) in [6, 6.07) is 6.03. The second-order valence-corrected chi connectivity index (χ2v) is 4.94. The van der Waals surface area contributed by atoms with Crippen LogP contribution in [0.4, 0.5) is 14.5 Å². The van der Waals surface area contributed by atoms with Gasteiger partial charge in [-0.05, 0) is 50.5 Å². The van der Waals surface area contributed by atoms with Crippen LogP contribution in [0.25, 0.3) is 0 Å². The van der Waals surface area contributed by atoms with Crippen molar-refractivity contribution in [3.63, 3.8) is 0 Å². The lowest BCUT2D eigenvalue weighted by molar-refractivity contribution is -0.118. The van der Waals surface area contributed by atoms with E-state index in [1.807, 2.05) is 0 Å². The molecular formula is C14H18F2N2O2. The van der Waals surface area contributed by atoms with E-state index in [4.69, 9.17) is 0 Å². The van der Waals surface area contributed by atoms with Crippen LogP contribution >= 0.6 is 0 Å². The molecule has 1 aromatic rings. The molecule has 1 amide bonds. The van der Waals surface area contributed by atoms with Crippen molar-refractivity contribution in [2.24, 2.45) is 0 Å². The molecule has 20 heavy (non-hydrogen) atoms. The first-order valence-corrected chi connectivity index (χ1v) is 6.66. The number of rotatable bonds is 4. The van der Waals surface area contributed by atoms with Crippen molar-refractivity contribution in [2.75, 3.05) is 5.32 Å². The maximum atomic E-state index is 12.1. The van der Waals surface area contributed by atoms with Gasteiger partial charge in [0, 0.05) is 11.7 Å². The standard InChI is InChI=1S/C14H18F2N2O2/c1-9-3-2-4-12(17-9)13(19)18-10-5-7-11(8-6-10)20-14(15)16/h5-9,12,14,17H,2-4H2,1H3,(H,18,19). The number of halogens is 2. The molecule has 4 nitrogen and oxygen atoms in total. The molecule has 0 aliphatic carbocycles. The zero-order valence-electron chi connectivity index (χ0n) is 11.2. The maximum absolute atomic E-state index is 12.1. The molecule has 1 aliphatic rings. The highest BCUT2D eigenvalue weighted by atomic mass is 19.3. The van der Waals surface area contributed by atoms with E-state index in [2.05, 4.69) is 22.3 Å². The molecule has 0 saturated carbocycles. The lowest BCUT2D eigenvalue weighted by Crippen LogP contribution is -2.47. The van der Waals surface area contributed by atoms with E-state index in [9.17, 15) is 13.6 Å². The highest BCUT2D eigenvalue weighted by Gasteiger charge is 2.24. The van der Waals surface area contributed by atoms with E-state index in [1.54, 1.807) is 12.1 Å². The van der Waals surface area contributed by atoms with Crippen LogP contribution < -0.4 is 15.4 Å². The summed E-state index contributed by atoms with van der Waals surface area (Å²) < 4.78 is 28.3. The molecule has 2 rings (SSSR count). The largest absolute Gasteiger partial charge is 0.435 e. The minimum atomic E-state index is -2.84. The second-order valence-electron chi connectivity index (χ2n) is 4.94. The van der Waals surface area contributed by atoms with Crippen LogP contribution in [0.15, 0.2) is 24.3 Å². The Morgan fingerprint density at radius 1 is 1.35 bits per heavy atom. The van der Waals surface area contributed by atoms with Crippen molar-refractivity contribution in [1.29, 1.82) is 0 Å². The van der Waals surface area contributed by atoms with E-state index in [0.29, 0.717) is 11.7 Å². The van der Waals surface area contributed by atoms with Crippen LogP contribution in [0.2, 0.25) is 0 Å². The zero-order chi connectivity index (χ0) is 14.5. The van der Waals surface area contributed by atoms with Crippen molar-refractivity contribution < 1.29 is 18.3 Å². The molecule has 2 atom stereocenters. The number of piperidine rings is 1. The van der Waals surface area contributed by atoms with Crippen LogP contribution in [0, 0.1) is 0 Å². The fourth-order valence-corrected chi connectivity index (χ4v) is 2.29. The van der Waals surface area contributed by atoms with Crippen LogP contribution in [0.5, 0.6) is 5.75 Å². The molecule has 1 heterocycles. The average molecular weight is 284 g/mol. The lowest BCUT2D eigenvalue weighted by Gasteiger charge is -2.27. The Morgan fingerprint density at radius 2 is 2.05 bits per heavy atom. The SMILES string of the molecule is CC1CCCC(C(=O)Nc2ccc(OC(F)F)cc2)N1. The number of alkyl halides is 2. The number of hydrogen-bond donors (Lipinski definition) is 2. The Labute approximate surface area is 116 Å². The third-order valence-electron chi connectivity index (χ3n) is 3.28. The van der Waals surface area contributed by atoms with E-state index in [-0.39, 0.29) is 17.7 Å². The van der Waals surface area contributed by atoms with Crippen molar-refractivity contribution in [1.82, 2.24) is 5.32 Å². The normalized spacial score (nSPS) is 22.6. The molecule has 0 spiro atoms. The monoisotopic (exact) mass is 284 g/mol. The van der Waals surface area contributed by atoms with Gasteiger partial charge in [-0.25, -0.2) is 0 Å². The molecule has 110 valence electrons. The first-order valence-electron chi connectivity index (χ1n) is 6.66. The summed E-state index contributed by atoms with van der Waals surface area (Å²) in [5.74, 6) is -0.0264. The number of nitrogens with one attached hydrogen (secondary N) is 2. The minimum Gasteiger partial charge on any atom is -0.435 e. The second kappa shape index (κ2) is 6.65. The van der Waals surface area contributed by atoms with Crippen molar-refractivity contribution in [3.8, 4) is 5.75 Å². The quantitative estimate of drug-likeness (QED) is 0.894. The molecule has 1 saturated heterocycles. The fourth-order valence-electron chi connectivity index (χ4n) is 2.29. The summed E-state index contributed by atoms with van der Waals surface area (Å²) in [7, 11) is 0. The van der Waals surface area contributed by atoms with Gasteiger partial charge in [0.05, 0.1) is 6.04 Å². The molecule has 6 heteroatoms. The number of amides is 1. The van der Waals surface area contributed by atoms with Crippen molar-refractivity contribution >= 4 is 11.6 Å². The Bertz CT molecular complexity index is 451. The van der Waals surface area contributed by atoms with E-state index in [1.165, 1.54) is 12.1 Å². The summed E-state index contributed by atoms with van der Waals surface area (Å²) >= 11 is 0. The van der Waals surface area contributed by atoms with E-state index < -0.39 is 6.61 Å². The van der Waals surface area contributed by atoms with Gasteiger partial charge in [-0.2, -0.15) is 8.78 Å². The van der Waals surface area contributed by atoms with Crippen molar-refractivity contribution in [2.45, 2.75) is 44.9 Å². The van der Waals surface area contributed by atoms with Gasteiger partial charge in [-0.15, -0.1) is 0 Å². The van der Waals surface area contributed by atoms with Gasteiger partial charge in [0.15, 0.2) is 0 Å². The van der Waals surface area contributed by atoms with Gasteiger partial charge >= 0.3 is 6.61 Å². The summed E-state index contributed by atoms with van der Waals surface area (Å²) in [6.07, 6.45) is 2.90. The number of ether oxygens (including phenoxy) is 1. The Balaban J connectivity index is 1.90. The van der Waals surface area contributed by atoms with E-state index in [0.717, 1.165) is 19.3 Å². The van der Waals surface area contributed by atoms with Crippen LogP contribution in [-0.2, 0) is 4.79 Å². The lowest BCUT2D eigenvalue weighted by atomic mass is 9.99. The number of carbonyl (C=O) groups is 1. The van der Waals surface area contributed by atoms with Crippen molar-refractivity contribution in [3.05, 3.63) is 24.3 Å². The molecule has 2 N–H and O–H groups in total. The number of anilines is 1. The summed E-state index contributed by atoms with van der Waals surface area (Å²) in [4.78, 5) is 12.1. The average Bonchev–Trinajstić information content (AvgIpc) is 2.40. The molecule has 2 unspecified atom stereocenters. The predicted octanol–water partition coefficient (Wildman–Crippen LogP) is 2.76. The highest BCUT2D eigenvalue weighted by Crippen LogP contribution is 2.19. The van der Waals surface area contributed by atoms with Gasteiger partial charge in [-0.3, -0.25) is 4.79 Å². The van der Waals surface area contributed by atoms with Gasteiger partial charge in [0.25, 0.3) is 0 Å². The Kier molecular flexibility index (Phi) is 4.89. The molecule has 0 aromatic heterocycles. The first kappa shape index (κ1) is 14.7. The Morgan fingerprint density at radius 3 is 2.65 bits per heavy atom. The smallest absolute Gasteiger partial charge is 0.387 e. The molecule has 0 bridgehead atoms. The Hall–Kier alpha value is -1.69. The van der Waals surface area contributed by atoms with Gasteiger partial charge in [0.1, 0.15) is 5.75 Å². The maximum Gasteiger partial charge on any atom is 0.387 e. The first-order chi connectivity index (χ1) is 9.54. The summed E-state index contributed by atoms with van der Waals surface area (Å²) in [6.45, 7) is -0.793. The van der Waals surface area contributed by atoms with Crippen LogP contribution in [-0.4, -0.2) is 24.6 Å². The van der Waals surface area contributed by atoms with Gasteiger partial charge < -0.3 is 15.4 Å². The molecule has 1 aromatic carbocycles. The highest BCUT2D eigenvalue weighted by molar-refractivity contribution is 5.94. The van der Waals surface area contributed by atoms with Crippen LogP contribution in [0.1, 0.15) is 26.2 Å². The topological polar surface area (TPSA) is 50.4 Å². The molecule has 0 radical (unpaired) electrons. The summed E-state index contributed by atoms with van der Waals surface area (Å²) in [5, 5.41) is 6.01. The van der Waals surface area contributed by atoms with Gasteiger partial charge in [0.2, 0.25) is 5.91 Å². The third kappa shape index (κ3) is 4.16.